The number of rotatable bonds is 11. The molecular formula is C27H26FN3O3S. The van der Waals surface area contributed by atoms with Crippen molar-refractivity contribution in [2.45, 2.75) is 39.0 Å². The Kier molecular flexibility index (Phi) is 8.51. The summed E-state index contributed by atoms with van der Waals surface area (Å²) in [7, 11) is 0. The number of benzene rings is 3. The monoisotopic (exact) mass is 491 g/mol. The van der Waals surface area contributed by atoms with Crippen molar-refractivity contribution in [3.63, 3.8) is 0 Å². The molecule has 6 nitrogen and oxygen atoms in total. The minimum atomic E-state index is -0.452. The van der Waals surface area contributed by atoms with Crippen LogP contribution >= 0.6 is 11.3 Å². The maximum Gasteiger partial charge on any atom is 0.343 e. The largest absolute Gasteiger partial charge is 0.494 e. The molecule has 0 aliphatic carbocycles. The quantitative estimate of drug-likeness (QED) is 0.0913. The molecule has 180 valence electrons. The number of hydrogen-bond acceptors (Lipinski definition) is 7. The Labute approximate surface area is 207 Å². The first-order valence-electron chi connectivity index (χ1n) is 11.6. The van der Waals surface area contributed by atoms with Gasteiger partial charge in [0, 0.05) is 0 Å². The summed E-state index contributed by atoms with van der Waals surface area (Å²) in [6.45, 7) is 2.87. The molecule has 0 amide bonds. The van der Waals surface area contributed by atoms with Crippen LogP contribution in [0.4, 0.5) is 15.2 Å². The number of nitrogens with zero attached hydrogens (tertiary/aromatic N) is 3. The van der Waals surface area contributed by atoms with E-state index in [1.54, 1.807) is 54.6 Å². The van der Waals surface area contributed by atoms with E-state index in [1.165, 1.54) is 49.2 Å². The van der Waals surface area contributed by atoms with E-state index in [0.717, 1.165) is 12.2 Å². The number of ether oxygens (including phenoxy) is 2. The van der Waals surface area contributed by atoms with Crippen LogP contribution in [0.25, 0.3) is 10.2 Å². The van der Waals surface area contributed by atoms with Crippen LogP contribution in [0.2, 0.25) is 0 Å². The average molecular weight is 492 g/mol. The summed E-state index contributed by atoms with van der Waals surface area (Å²) in [5.74, 6) is 0.376. The molecule has 0 atom stereocenters. The van der Waals surface area contributed by atoms with Crippen LogP contribution < -0.4 is 9.47 Å². The number of aromatic nitrogens is 1. The van der Waals surface area contributed by atoms with Gasteiger partial charge in [-0.05, 0) is 73.2 Å². The molecular weight excluding hydrogens is 465 g/mol. The highest BCUT2D eigenvalue weighted by atomic mass is 32.1. The molecule has 0 fully saturated rings. The third-order valence-electron chi connectivity index (χ3n) is 5.24. The smallest absolute Gasteiger partial charge is 0.343 e. The summed E-state index contributed by atoms with van der Waals surface area (Å²) in [6.07, 6.45) is 5.92. The van der Waals surface area contributed by atoms with Crippen LogP contribution in [0.5, 0.6) is 11.5 Å². The van der Waals surface area contributed by atoms with Crippen LogP contribution in [-0.4, -0.2) is 17.6 Å². The van der Waals surface area contributed by atoms with Gasteiger partial charge in [-0.3, -0.25) is 0 Å². The van der Waals surface area contributed by atoms with Gasteiger partial charge in [-0.2, -0.15) is 0 Å². The van der Waals surface area contributed by atoms with Crippen LogP contribution in [0.15, 0.2) is 77.0 Å². The molecule has 3 aromatic carbocycles. The minimum Gasteiger partial charge on any atom is -0.494 e. The zero-order valence-electron chi connectivity index (χ0n) is 19.4. The molecule has 0 spiro atoms. The average Bonchev–Trinajstić information content (AvgIpc) is 3.28. The Hall–Kier alpha value is -3.65. The number of carbonyl (C=O) groups is 1. The second-order valence-electron chi connectivity index (χ2n) is 7.98. The van der Waals surface area contributed by atoms with E-state index < -0.39 is 5.97 Å². The first-order chi connectivity index (χ1) is 17.1. The third-order valence-corrected chi connectivity index (χ3v) is 6.15. The molecule has 0 unspecified atom stereocenters. The highest BCUT2D eigenvalue weighted by molar-refractivity contribution is 7.21. The number of halogens is 1. The van der Waals surface area contributed by atoms with Crippen LogP contribution in [0, 0.1) is 5.82 Å². The van der Waals surface area contributed by atoms with Gasteiger partial charge in [-0.15, -0.1) is 10.2 Å². The molecule has 0 aliphatic rings. The van der Waals surface area contributed by atoms with Crippen molar-refractivity contribution in [2.24, 2.45) is 10.2 Å². The zero-order chi connectivity index (χ0) is 24.5. The standard InChI is InChI=1S/C27H26FN3O3S/c1-2-3-4-5-6-17-33-22-12-7-19(8-13-22)26(32)34-23-14-10-21(11-15-23)30-31-27-29-24-16-9-20(28)18-25(24)35-27/h7-16,18H,2-6,17H2,1H3. The summed E-state index contributed by atoms with van der Waals surface area (Å²) >= 11 is 1.26. The number of thiazole rings is 1. The molecule has 8 heteroatoms. The van der Waals surface area contributed by atoms with Crippen molar-refractivity contribution in [1.29, 1.82) is 0 Å². The van der Waals surface area contributed by atoms with Crippen LogP contribution in [0.1, 0.15) is 49.4 Å². The van der Waals surface area contributed by atoms with Gasteiger partial charge in [-0.25, -0.2) is 14.2 Å². The lowest BCUT2D eigenvalue weighted by molar-refractivity contribution is 0.0734. The normalized spacial score (nSPS) is 11.3. The van der Waals surface area contributed by atoms with Crippen LogP contribution in [0.3, 0.4) is 0 Å². The number of esters is 1. The minimum absolute atomic E-state index is 0.313. The number of fused-ring (bicyclic) bond motifs is 1. The lowest BCUT2D eigenvalue weighted by Gasteiger charge is -2.08. The van der Waals surface area contributed by atoms with E-state index in [4.69, 9.17) is 9.47 Å². The summed E-state index contributed by atoms with van der Waals surface area (Å²) in [6, 6.07) is 18.0. The first kappa shape index (κ1) is 24.5. The maximum atomic E-state index is 13.3. The Morgan fingerprint density at radius 1 is 0.914 bits per heavy atom. The van der Waals surface area contributed by atoms with Gasteiger partial charge in [-0.1, -0.05) is 43.9 Å². The van der Waals surface area contributed by atoms with Crippen molar-refractivity contribution in [3.05, 3.63) is 78.1 Å². The van der Waals surface area contributed by atoms with E-state index in [1.807, 2.05) is 0 Å². The van der Waals surface area contributed by atoms with Crippen molar-refractivity contribution < 1.29 is 18.7 Å². The molecule has 1 aromatic heterocycles. The van der Waals surface area contributed by atoms with E-state index in [9.17, 15) is 9.18 Å². The molecule has 0 aliphatic heterocycles. The lowest BCUT2D eigenvalue weighted by atomic mass is 10.2. The molecule has 4 aromatic rings. The van der Waals surface area contributed by atoms with E-state index in [2.05, 4.69) is 22.1 Å². The first-order valence-corrected chi connectivity index (χ1v) is 12.5. The van der Waals surface area contributed by atoms with Crippen molar-refractivity contribution >= 4 is 38.3 Å². The van der Waals surface area contributed by atoms with Crippen LogP contribution in [-0.2, 0) is 0 Å². The van der Waals surface area contributed by atoms with E-state index in [-0.39, 0.29) is 5.82 Å². The number of azo groups is 1. The molecule has 0 N–H and O–H groups in total. The SMILES string of the molecule is CCCCCCCOc1ccc(C(=O)Oc2ccc(N=Nc3nc4ccc(F)cc4s3)cc2)cc1. The number of carbonyl (C=O) groups excluding carboxylic acids is 1. The second kappa shape index (κ2) is 12.2. The van der Waals surface area contributed by atoms with Crippen molar-refractivity contribution in [2.75, 3.05) is 6.61 Å². The molecule has 1 heterocycles. The van der Waals surface area contributed by atoms with E-state index >= 15 is 0 Å². The highest BCUT2D eigenvalue weighted by Crippen LogP contribution is 2.30. The van der Waals surface area contributed by atoms with Gasteiger partial charge in [0.05, 0.1) is 28.1 Å². The zero-order valence-corrected chi connectivity index (χ0v) is 20.3. The summed E-state index contributed by atoms with van der Waals surface area (Å²) < 4.78 is 25.2. The van der Waals surface area contributed by atoms with Crippen molar-refractivity contribution in [3.8, 4) is 11.5 Å². The summed E-state index contributed by atoms with van der Waals surface area (Å²) in [4.78, 5) is 16.8. The maximum absolute atomic E-state index is 13.3. The predicted octanol–water partition coefficient (Wildman–Crippen LogP) is 8.42. The number of hydrogen-bond donors (Lipinski definition) is 0. The highest BCUT2D eigenvalue weighted by Gasteiger charge is 2.09. The molecule has 0 bridgehead atoms. The molecule has 4 rings (SSSR count). The Bertz CT molecular complexity index is 1290. The van der Waals surface area contributed by atoms with Gasteiger partial charge < -0.3 is 9.47 Å². The molecule has 0 radical (unpaired) electrons. The molecule has 35 heavy (non-hydrogen) atoms. The Morgan fingerprint density at radius 2 is 1.66 bits per heavy atom. The van der Waals surface area contributed by atoms with E-state index in [0.29, 0.717) is 39.0 Å². The third kappa shape index (κ3) is 7.16. The van der Waals surface area contributed by atoms with Gasteiger partial charge >= 0.3 is 5.97 Å². The van der Waals surface area contributed by atoms with Crippen molar-refractivity contribution in [1.82, 2.24) is 4.98 Å². The lowest BCUT2D eigenvalue weighted by Crippen LogP contribution is -2.08. The fourth-order valence-corrected chi connectivity index (χ4v) is 4.17. The predicted molar refractivity (Wildman–Crippen MR) is 136 cm³/mol. The Morgan fingerprint density at radius 3 is 2.43 bits per heavy atom. The fraction of sp³-hybridized carbons (Fsp3) is 0.259. The summed E-state index contributed by atoms with van der Waals surface area (Å²) in [5, 5.41) is 8.71. The molecule has 0 saturated heterocycles. The molecule has 0 saturated carbocycles. The number of unbranched alkanes of at least 4 members (excludes halogenated alkanes) is 4. The van der Waals surface area contributed by atoms with Gasteiger partial charge in [0.15, 0.2) is 0 Å². The Balaban J connectivity index is 1.27. The topological polar surface area (TPSA) is 73.1 Å². The van der Waals surface area contributed by atoms with Gasteiger partial charge in [0.25, 0.3) is 0 Å². The second-order valence-corrected chi connectivity index (χ2v) is 8.99. The fourth-order valence-electron chi connectivity index (χ4n) is 3.36. The van der Waals surface area contributed by atoms with Gasteiger partial charge in [0.1, 0.15) is 17.3 Å². The van der Waals surface area contributed by atoms with Gasteiger partial charge in [0.2, 0.25) is 5.13 Å². The summed E-state index contributed by atoms with van der Waals surface area (Å²) in [5.41, 5.74) is 1.69.